The van der Waals surface area contributed by atoms with E-state index in [1.54, 1.807) is 0 Å². The molecule has 0 aromatic carbocycles. The highest BCUT2D eigenvalue weighted by molar-refractivity contribution is 6.00. The molecule has 2 aliphatic rings. The number of nitrogens with zero attached hydrogens (tertiary/aromatic N) is 3. The Morgan fingerprint density at radius 2 is 2.38 bits per heavy atom. The monoisotopic (exact) mass is 179 g/mol. The lowest BCUT2D eigenvalue weighted by Crippen LogP contribution is -2.25. The summed E-state index contributed by atoms with van der Waals surface area (Å²) >= 11 is 0. The molecule has 2 rings (SSSR count). The minimum atomic E-state index is 0.178. The second kappa shape index (κ2) is 3.35. The molecule has 0 saturated carbocycles. The van der Waals surface area contributed by atoms with E-state index in [1.807, 2.05) is 6.07 Å². The number of rotatable bonds is 1. The topological polar surface area (TPSA) is 59.6 Å². The van der Waals surface area contributed by atoms with Crippen LogP contribution in [0.5, 0.6) is 0 Å². The Hall–Kier alpha value is -1.08. The normalized spacial score (nSPS) is 38.7. The summed E-state index contributed by atoms with van der Waals surface area (Å²) in [5.74, 6) is 0.719. The molecule has 70 valence electrons. The molecule has 4 nitrogen and oxygen atoms in total. The van der Waals surface area contributed by atoms with Gasteiger partial charge in [0.15, 0.2) is 5.71 Å². The molecular weight excluding hydrogens is 166 g/mol. The lowest BCUT2D eigenvalue weighted by atomic mass is 9.88. The van der Waals surface area contributed by atoms with Crippen LogP contribution < -0.4 is 0 Å². The number of piperidine rings is 1. The summed E-state index contributed by atoms with van der Waals surface area (Å²) in [4.78, 5) is 2.35. The molecule has 2 aliphatic heterocycles. The molecule has 0 aromatic rings. The predicted octanol–water partition coefficient (Wildman–Crippen LogP) is 0.682. The van der Waals surface area contributed by atoms with Gasteiger partial charge < -0.3 is 10.1 Å². The van der Waals surface area contributed by atoms with Gasteiger partial charge in [0.05, 0.1) is 0 Å². The lowest BCUT2D eigenvalue weighted by Gasteiger charge is -2.21. The highest BCUT2D eigenvalue weighted by Crippen LogP contribution is 2.32. The fraction of sp³-hybridized carbons (Fsp3) is 0.778. The maximum atomic E-state index is 8.75. The summed E-state index contributed by atoms with van der Waals surface area (Å²) in [7, 11) is 0. The molecule has 2 heterocycles. The van der Waals surface area contributed by atoms with E-state index < -0.39 is 0 Å². The first-order valence-corrected chi connectivity index (χ1v) is 4.69. The average Bonchev–Trinajstić information content (AvgIpc) is 2.45. The molecule has 2 fully saturated rings. The zero-order chi connectivity index (χ0) is 9.26. The van der Waals surface area contributed by atoms with Crippen molar-refractivity contribution >= 4 is 5.71 Å². The van der Waals surface area contributed by atoms with Gasteiger partial charge in [0.1, 0.15) is 6.07 Å². The Balaban J connectivity index is 2.13. The molecule has 0 aliphatic carbocycles. The van der Waals surface area contributed by atoms with Crippen LogP contribution in [-0.4, -0.2) is 35.5 Å². The van der Waals surface area contributed by atoms with Gasteiger partial charge in [0.25, 0.3) is 0 Å². The first-order chi connectivity index (χ1) is 6.35. The van der Waals surface area contributed by atoms with Crippen LogP contribution in [-0.2, 0) is 0 Å². The third kappa shape index (κ3) is 1.40. The molecule has 4 heteroatoms. The fourth-order valence-electron chi connectivity index (χ4n) is 2.50. The third-order valence-electron chi connectivity index (χ3n) is 3.14. The Kier molecular flexibility index (Phi) is 2.19. The van der Waals surface area contributed by atoms with Crippen molar-refractivity contribution in [1.29, 1.82) is 5.26 Å². The lowest BCUT2D eigenvalue weighted by molar-refractivity contribution is 0.269. The molecule has 3 unspecified atom stereocenters. The highest BCUT2D eigenvalue weighted by atomic mass is 16.4. The van der Waals surface area contributed by atoms with E-state index in [0.29, 0.717) is 11.6 Å². The van der Waals surface area contributed by atoms with Gasteiger partial charge in [-0.3, -0.25) is 0 Å². The number of hydrogen-bond donors (Lipinski definition) is 1. The van der Waals surface area contributed by atoms with Crippen molar-refractivity contribution in [3.8, 4) is 6.07 Å². The van der Waals surface area contributed by atoms with Crippen LogP contribution in [0.15, 0.2) is 5.16 Å². The van der Waals surface area contributed by atoms with Gasteiger partial charge in [-0.25, -0.2) is 0 Å². The fourth-order valence-corrected chi connectivity index (χ4v) is 2.50. The minimum Gasteiger partial charge on any atom is -0.410 e. The molecule has 0 amide bonds. The Morgan fingerprint density at radius 3 is 3.00 bits per heavy atom. The van der Waals surface area contributed by atoms with Crippen molar-refractivity contribution in [3.05, 3.63) is 0 Å². The van der Waals surface area contributed by atoms with Gasteiger partial charge in [-0.1, -0.05) is 5.16 Å². The van der Waals surface area contributed by atoms with E-state index in [0.717, 1.165) is 19.6 Å². The van der Waals surface area contributed by atoms with Gasteiger partial charge in [0.2, 0.25) is 0 Å². The number of nitriles is 1. The maximum absolute atomic E-state index is 8.75. The van der Waals surface area contributed by atoms with Crippen molar-refractivity contribution in [1.82, 2.24) is 4.90 Å². The number of hydrogen-bond acceptors (Lipinski definition) is 4. The van der Waals surface area contributed by atoms with Crippen molar-refractivity contribution in [2.45, 2.75) is 12.8 Å². The van der Waals surface area contributed by atoms with E-state index in [-0.39, 0.29) is 5.92 Å². The Labute approximate surface area is 77.4 Å². The minimum absolute atomic E-state index is 0.178. The second-order valence-electron chi connectivity index (χ2n) is 3.87. The smallest absolute Gasteiger partial charge is 0.161 e. The molecular formula is C9H13N3O. The van der Waals surface area contributed by atoms with Crippen molar-refractivity contribution in [3.63, 3.8) is 0 Å². The Morgan fingerprint density at radius 1 is 1.54 bits per heavy atom. The summed E-state index contributed by atoms with van der Waals surface area (Å²) in [5, 5.41) is 20.5. The quantitative estimate of drug-likeness (QED) is 0.366. The molecule has 0 radical (unpaired) electrons. The first kappa shape index (κ1) is 8.52. The second-order valence-corrected chi connectivity index (χ2v) is 3.87. The van der Waals surface area contributed by atoms with Crippen LogP contribution in [0.25, 0.3) is 0 Å². The summed E-state index contributed by atoms with van der Waals surface area (Å²) in [5.41, 5.74) is 0.314. The Bertz CT molecular complexity index is 269. The molecule has 2 saturated heterocycles. The molecule has 3 atom stereocenters. The zero-order valence-electron chi connectivity index (χ0n) is 7.48. The SMILES string of the molecule is N#C/C(=N\O)C1CN2CCCC1C2. The van der Waals surface area contributed by atoms with E-state index in [9.17, 15) is 0 Å². The standard InChI is InChI=1S/C9H13N3O/c10-4-9(11-13)8-6-12-3-1-2-7(8)5-12/h7-8,13H,1-3,5-6H2/b11-9+. The van der Waals surface area contributed by atoms with E-state index in [2.05, 4.69) is 10.1 Å². The first-order valence-electron chi connectivity index (χ1n) is 4.69. The van der Waals surface area contributed by atoms with E-state index in [1.165, 1.54) is 12.8 Å². The van der Waals surface area contributed by atoms with Gasteiger partial charge >= 0.3 is 0 Å². The van der Waals surface area contributed by atoms with Gasteiger partial charge in [0, 0.05) is 19.0 Å². The van der Waals surface area contributed by atoms with Gasteiger partial charge in [-0.2, -0.15) is 5.26 Å². The zero-order valence-corrected chi connectivity index (χ0v) is 7.48. The largest absolute Gasteiger partial charge is 0.410 e. The van der Waals surface area contributed by atoms with E-state index in [4.69, 9.17) is 10.5 Å². The molecule has 13 heavy (non-hydrogen) atoms. The molecule has 0 spiro atoms. The summed E-state index contributed by atoms with van der Waals surface area (Å²) < 4.78 is 0. The highest BCUT2D eigenvalue weighted by Gasteiger charge is 2.38. The van der Waals surface area contributed by atoms with Gasteiger partial charge in [-0.05, 0) is 25.3 Å². The summed E-state index contributed by atoms with van der Waals surface area (Å²) in [6.07, 6.45) is 2.38. The van der Waals surface area contributed by atoms with Crippen LogP contribution >= 0.6 is 0 Å². The molecule has 2 bridgehead atoms. The summed E-state index contributed by atoms with van der Waals surface area (Å²) in [6, 6.07) is 1.98. The van der Waals surface area contributed by atoms with Crippen LogP contribution in [0.2, 0.25) is 0 Å². The predicted molar refractivity (Wildman–Crippen MR) is 47.5 cm³/mol. The third-order valence-corrected chi connectivity index (χ3v) is 3.14. The van der Waals surface area contributed by atoms with Crippen molar-refractivity contribution in [2.75, 3.05) is 19.6 Å². The van der Waals surface area contributed by atoms with Crippen LogP contribution in [0, 0.1) is 23.2 Å². The molecule has 0 aromatic heterocycles. The van der Waals surface area contributed by atoms with Crippen LogP contribution in [0.3, 0.4) is 0 Å². The van der Waals surface area contributed by atoms with E-state index >= 15 is 0 Å². The van der Waals surface area contributed by atoms with Crippen molar-refractivity contribution in [2.24, 2.45) is 17.0 Å². The maximum Gasteiger partial charge on any atom is 0.161 e. The average molecular weight is 179 g/mol. The van der Waals surface area contributed by atoms with Crippen molar-refractivity contribution < 1.29 is 5.21 Å². The number of oxime groups is 1. The van der Waals surface area contributed by atoms with Crippen LogP contribution in [0.1, 0.15) is 12.8 Å². The van der Waals surface area contributed by atoms with Gasteiger partial charge in [-0.15, -0.1) is 0 Å². The van der Waals surface area contributed by atoms with Crippen LogP contribution in [0.4, 0.5) is 0 Å². The number of fused-ring (bicyclic) bond motifs is 2. The summed E-state index contributed by atoms with van der Waals surface area (Å²) in [6.45, 7) is 3.11. The molecule has 1 N–H and O–H groups in total.